The minimum atomic E-state index is 0.394. The van der Waals surface area contributed by atoms with Gasteiger partial charge in [-0.25, -0.2) is 4.98 Å². The lowest BCUT2D eigenvalue weighted by atomic mass is 10.2. The minimum absolute atomic E-state index is 0.394. The van der Waals surface area contributed by atoms with Gasteiger partial charge in [0.25, 0.3) is 0 Å². The summed E-state index contributed by atoms with van der Waals surface area (Å²) in [5.74, 6) is 0. The normalized spacial score (nSPS) is 26.4. The fraction of sp³-hybridized carbons (Fsp3) is 0.769. The van der Waals surface area contributed by atoms with E-state index in [1.54, 1.807) is 0 Å². The first-order valence-electron chi connectivity index (χ1n) is 6.56. The van der Waals surface area contributed by atoms with Crippen LogP contribution in [-0.2, 0) is 0 Å². The number of aryl methyl sites for hydroxylation is 1. The van der Waals surface area contributed by atoms with Crippen molar-refractivity contribution in [2.24, 2.45) is 0 Å². The molecule has 102 valence electrons. The highest BCUT2D eigenvalue weighted by Crippen LogP contribution is 2.34. The van der Waals surface area contributed by atoms with Crippen LogP contribution in [0.15, 0.2) is 0 Å². The van der Waals surface area contributed by atoms with Crippen LogP contribution in [0.25, 0.3) is 0 Å². The maximum absolute atomic E-state index is 4.77. The number of nitrogens with zero attached hydrogens (tertiary/aromatic N) is 2. The van der Waals surface area contributed by atoms with Gasteiger partial charge in [-0.05, 0) is 20.9 Å². The van der Waals surface area contributed by atoms with Gasteiger partial charge in [-0.2, -0.15) is 11.8 Å². The van der Waals surface area contributed by atoms with E-state index < -0.39 is 0 Å². The van der Waals surface area contributed by atoms with Crippen molar-refractivity contribution in [2.45, 2.75) is 44.2 Å². The summed E-state index contributed by atoms with van der Waals surface area (Å²) in [6.07, 6.45) is 0. The van der Waals surface area contributed by atoms with Gasteiger partial charge in [0.2, 0.25) is 0 Å². The number of anilines is 1. The molecule has 18 heavy (non-hydrogen) atoms. The Kier molecular flexibility index (Phi) is 4.56. The SMILES string of the molecule is CNC(C)c1sc(N2CC(C)SC(C)C2)nc1C. The molecule has 1 aromatic rings. The predicted molar refractivity (Wildman–Crippen MR) is 83.1 cm³/mol. The molecule has 1 aliphatic rings. The van der Waals surface area contributed by atoms with Crippen LogP contribution in [0.1, 0.15) is 37.4 Å². The summed E-state index contributed by atoms with van der Waals surface area (Å²) in [5, 5.41) is 5.90. The van der Waals surface area contributed by atoms with E-state index in [1.165, 1.54) is 15.7 Å². The highest BCUT2D eigenvalue weighted by Gasteiger charge is 2.25. The molecule has 0 aromatic carbocycles. The molecule has 1 aliphatic heterocycles. The molecule has 3 atom stereocenters. The van der Waals surface area contributed by atoms with Crippen molar-refractivity contribution < 1.29 is 0 Å². The molecule has 0 amide bonds. The summed E-state index contributed by atoms with van der Waals surface area (Å²) in [6.45, 7) is 11.2. The van der Waals surface area contributed by atoms with Gasteiger partial charge in [-0.3, -0.25) is 0 Å². The van der Waals surface area contributed by atoms with Crippen LogP contribution in [-0.4, -0.2) is 35.6 Å². The molecular formula is C13H23N3S2. The molecule has 1 N–H and O–H groups in total. The van der Waals surface area contributed by atoms with Crippen molar-refractivity contribution in [3.05, 3.63) is 10.6 Å². The van der Waals surface area contributed by atoms with Crippen LogP contribution in [0.3, 0.4) is 0 Å². The minimum Gasteiger partial charge on any atom is -0.346 e. The smallest absolute Gasteiger partial charge is 0.185 e. The first-order valence-corrected chi connectivity index (χ1v) is 8.32. The largest absolute Gasteiger partial charge is 0.346 e. The fourth-order valence-corrected chi connectivity index (χ4v) is 4.87. The molecule has 5 heteroatoms. The Morgan fingerprint density at radius 1 is 1.33 bits per heavy atom. The second kappa shape index (κ2) is 5.80. The lowest BCUT2D eigenvalue weighted by Gasteiger charge is -2.34. The van der Waals surface area contributed by atoms with Crippen molar-refractivity contribution in [2.75, 3.05) is 25.0 Å². The van der Waals surface area contributed by atoms with Gasteiger partial charge in [0.1, 0.15) is 0 Å². The van der Waals surface area contributed by atoms with E-state index in [4.69, 9.17) is 4.98 Å². The summed E-state index contributed by atoms with van der Waals surface area (Å²) in [4.78, 5) is 8.59. The summed E-state index contributed by atoms with van der Waals surface area (Å²) < 4.78 is 0. The zero-order chi connectivity index (χ0) is 13.3. The summed E-state index contributed by atoms with van der Waals surface area (Å²) in [7, 11) is 2.01. The van der Waals surface area contributed by atoms with Crippen LogP contribution in [0, 0.1) is 6.92 Å². The Balaban J connectivity index is 2.18. The van der Waals surface area contributed by atoms with E-state index in [0.29, 0.717) is 16.5 Å². The number of hydrogen-bond acceptors (Lipinski definition) is 5. The van der Waals surface area contributed by atoms with E-state index in [2.05, 4.69) is 49.7 Å². The summed E-state index contributed by atoms with van der Waals surface area (Å²) in [5.41, 5.74) is 1.18. The third-order valence-electron chi connectivity index (χ3n) is 3.34. The molecule has 1 aromatic heterocycles. The first-order chi connectivity index (χ1) is 8.51. The standard InChI is InChI=1S/C13H23N3S2/c1-8-6-16(7-9(2)17-8)13-15-11(4)12(18-13)10(3)14-5/h8-10,14H,6-7H2,1-5H3. The molecule has 0 saturated carbocycles. The van der Waals surface area contributed by atoms with Crippen LogP contribution in [0.2, 0.25) is 0 Å². The Bertz CT molecular complexity index is 395. The number of rotatable bonds is 3. The number of thioether (sulfide) groups is 1. The number of nitrogens with one attached hydrogen (secondary N) is 1. The monoisotopic (exact) mass is 285 g/mol. The second-order valence-electron chi connectivity index (χ2n) is 5.12. The molecule has 2 rings (SSSR count). The second-order valence-corrected chi connectivity index (χ2v) is 8.01. The number of aromatic nitrogens is 1. The van der Waals surface area contributed by atoms with Crippen LogP contribution < -0.4 is 10.2 Å². The van der Waals surface area contributed by atoms with Gasteiger partial charge in [0, 0.05) is 34.5 Å². The molecular weight excluding hydrogens is 262 g/mol. The quantitative estimate of drug-likeness (QED) is 0.924. The van der Waals surface area contributed by atoms with E-state index in [1.807, 2.05) is 18.4 Å². The topological polar surface area (TPSA) is 28.2 Å². The lowest BCUT2D eigenvalue weighted by molar-refractivity contribution is 0.658. The van der Waals surface area contributed by atoms with Crippen molar-refractivity contribution in [3.63, 3.8) is 0 Å². The van der Waals surface area contributed by atoms with E-state index in [-0.39, 0.29) is 0 Å². The average molecular weight is 285 g/mol. The van der Waals surface area contributed by atoms with Gasteiger partial charge in [-0.1, -0.05) is 13.8 Å². The first kappa shape index (κ1) is 14.2. The summed E-state index contributed by atoms with van der Waals surface area (Å²) >= 11 is 3.93. The molecule has 3 nitrogen and oxygen atoms in total. The fourth-order valence-electron chi connectivity index (χ4n) is 2.40. The maximum Gasteiger partial charge on any atom is 0.185 e. The molecule has 0 aliphatic carbocycles. The van der Waals surface area contributed by atoms with Crippen LogP contribution in [0.5, 0.6) is 0 Å². The van der Waals surface area contributed by atoms with E-state index in [0.717, 1.165) is 13.1 Å². The molecule has 1 saturated heterocycles. The van der Waals surface area contributed by atoms with Gasteiger partial charge >= 0.3 is 0 Å². The molecule has 0 radical (unpaired) electrons. The average Bonchev–Trinajstić information content (AvgIpc) is 2.69. The van der Waals surface area contributed by atoms with Crippen molar-refractivity contribution in [1.82, 2.24) is 10.3 Å². The zero-order valence-corrected chi connectivity index (χ0v) is 13.5. The Labute approximate surface area is 118 Å². The zero-order valence-electron chi connectivity index (χ0n) is 11.9. The highest BCUT2D eigenvalue weighted by atomic mass is 32.2. The molecule has 0 spiro atoms. The summed E-state index contributed by atoms with van der Waals surface area (Å²) in [6, 6.07) is 0.394. The number of hydrogen-bond donors (Lipinski definition) is 1. The molecule has 1 fully saturated rings. The molecule has 3 unspecified atom stereocenters. The highest BCUT2D eigenvalue weighted by molar-refractivity contribution is 8.00. The maximum atomic E-state index is 4.77. The van der Waals surface area contributed by atoms with Crippen molar-refractivity contribution in [1.29, 1.82) is 0 Å². The van der Waals surface area contributed by atoms with Gasteiger partial charge in [0.05, 0.1) is 5.69 Å². The Morgan fingerprint density at radius 2 is 1.94 bits per heavy atom. The number of thiazole rings is 1. The van der Waals surface area contributed by atoms with Gasteiger partial charge in [-0.15, -0.1) is 11.3 Å². The third kappa shape index (κ3) is 3.00. The molecule has 0 bridgehead atoms. The Morgan fingerprint density at radius 3 is 2.50 bits per heavy atom. The van der Waals surface area contributed by atoms with Gasteiger partial charge in [0.15, 0.2) is 5.13 Å². The van der Waals surface area contributed by atoms with Crippen LogP contribution in [0.4, 0.5) is 5.13 Å². The van der Waals surface area contributed by atoms with Crippen molar-refractivity contribution >= 4 is 28.2 Å². The van der Waals surface area contributed by atoms with Gasteiger partial charge < -0.3 is 10.2 Å². The molecule has 2 heterocycles. The predicted octanol–water partition coefficient (Wildman–Crippen LogP) is 3.06. The lowest BCUT2D eigenvalue weighted by Crippen LogP contribution is -2.40. The van der Waals surface area contributed by atoms with Crippen molar-refractivity contribution in [3.8, 4) is 0 Å². The van der Waals surface area contributed by atoms with E-state index in [9.17, 15) is 0 Å². The van der Waals surface area contributed by atoms with E-state index >= 15 is 0 Å². The third-order valence-corrected chi connectivity index (χ3v) is 5.97. The Hall–Kier alpha value is -0.260. The van der Waals surface area contributed by atoms with Crippen LogP contribution >= 0.6 is 23.1 Å².